The summed E-state index contributed by atoms with van der Waals surface area (Å²) in [6, 6.07) is 3.94. The minimum Gasteiger partial charge on any atom is -0.313 e. The van der Waals surface area contributed by atoms with Crippen LogP contribution in [-0.2, 0) is 0 Å². The molecule has 0 fully saturated rings. The van der Waals surface area contributed by atoms with Gasteiger partial charge in [-0.15, -0.1) is 12.4 Å². The average molecular weight is 231 g/mol. The van der Waals surface area contributed by atoms with Crippen LogP contribution in [0.3, 0.4) is 0 Å². The first-order valence-electron chi connectivity index (χ1n) is 4.38. The zero-order chi connectivity index (χ0) is 9.10. The van der Waals surface area contributed by atoms with Gasteiger partial charge in [0.2, 0.25) is 0 Å². The zero-order valence-corrected chi connectivity index (χ0v) is 9.24. The van der Waals surface area contributed by atoms with E-state index in [1.54, 1.807) is 6.20 Å². The molecule has 0 atom stereocenters. The van der Waals surface area contributed by atoms with E-state index in [2.05, 4.69) is 16.4 Å². The average Bonchev–Trinajstić information content (AvgIpc) is 2.20. The van der Waals surface area contributed by atoms with Gasteiger partial charge in [-0.05, 0) is 24.6 Å². The number of rotatable bonds is 1. The van der Waals surface area contributed by atoms with E-state index in [1.807, 2.05) is 12.1 Å². The second-order valence-electron chi connectivity index (χ2n) is 3.03. The van der Waals surface area contributed by atoms with Gasteiger partial charge in [-0.2, -0.15) is 0 Å². The van der Waals surface area contributed by atoms with E-state index < -0.39 is 0 Å². The zero-order valence-electron chi connectivity index (χ0n) is 7.66. The molecule has 2 heterocycles. The number of halogens is 2. The van der Waals surface area contributed by atoms with Gasteiger partial charge >= 0.3 is 0 Å². The number of aromatic nitrogens is 1. The standard InChI is InChI=1S/C10H11ClN2.ClH/c11-10-9(2-1-5-13-10)8-3-6-12-7-4-8;/h1-3,5,12H,4,6-7H2;1H. The first-order valence-corrected chi connectivity index (χ1v) is 4.76. The quantitative estimate of drug-likeness (QED) is 0.751. The molecule has 0 bridgehead atoms. The van der Waals surface area contributed by atoms with Crippen LogP contribution in [0.4, 0.5) is 0 Å². The van der Waals surface area contributed by atoms with Gasteiger partial charge in [0.15, 0.2) is 0 Å². The van der Waals surface area contributed by atoms with Crippen molar-refractivity contribution in [3.63, 3.8) is 0 Å². The number of pyridine rings is 1. The summed E-state index contributed by atoms with van der Waals surface area (Å²) < 4.78 is 0. The Morgan fingerprint density at radius 2 is 2.29 bits per heavy atom. The maximum absolute atomic E-state index is 5.99. The van der Waals surface area contributed by atoms with Crippen molar-refractivity contribution < 1.29 is 0 Å². The lowest BCUT2D eigenvalue weighted by Gasteiger charge is -2.14. The van der Waals surface area contributed by atoms with Crippen molar-refractivity contribution in [3.05, 3.63) is 35.1 Å². The van der Waals surface area contributed by atoms with Crippen LogP contribution < -0.4 is 5.32 Å². The summed E-state index contributed by atoms with van der Waals surface area (Å²) in [6.45, 7) is 1.96. The summed E-state index contributed by atoms with van der Waals surface area (Å²) in [7, 11) is 0. The molecule has 1 aliphatic rings. The van der Waals surface area contributed by atoms with Crippen LogP contribution >= 0.6 is 24.0 Å². The molecule has 2 nitrogen and oxygen atoms in total. The number of nitrogens with zero attached hydrogens (tertiary/aromatic N) is 1. The number of nitrogens with one attached hydrogen (secondary N) is 1. The monoisotopic (exact) mass is 230 g/mol. The minimum atomic E-state index is 0. The van der Waals surface area contributed by atoms with Gasteiger partial charge in [0.25, 0.3) is 0 Å². The van der Waals surface area contributed by atoms with Crippen LogP contribution in [-0.4, -0.2) is 18.1 Å². The lowest BCUT2D eigenvalue weighted by Crippen LogP contribution is -2.20. The Balaban J connectivity index is 0.000000980. The molecule has 1 aliphatic heterocycles. The topological polar surface area (TPSA) is 24.9 Å². The van der Waals surface area contributed by atoms with Crippen molar-refractivity contribution in [1.29, 1.82) is 0 Å². The molecule has 4 heteroatoms. The second-order valence-corrected chi connectivity index (χ2v) is 3.38. The van der Waals surface area contributed by atoms with Gasteiger partial charge in [0.1, 0.15) is 5.15 Å². The van der Waals surface area contributed by atoms with Crippen LogP contribution in [0, 0.1) is 0 Å². The Morgan fingerprint density at radius 1 is 1.43 bits per heavy atom. The van der Waals surface area contributed by atoms with E-state index in [-0.39, 0.29) is 12.4 Å². The van der Waals surface area contributed by atoms with Crippen molar-refractivity contribution in [1.82, 2.24) is 10.3 Å². The maximum Gasteiger partial charge on any atom is 0.136 e. The fourth-order valence-electron chi connectivity index (χ4n) is 1.49. The van der Waals surface area contributed by atoms with E-state index in [0.29, 0.717) is 5.15 Å². The molecule has 1 aromatic heterocycles. The van der Waals surface area contributed by atoms with E-state index in [9.17, 15) is 0 Å². The van der Waals surface area contributed by atoms with Crippen molar-refractivity contribution >= 4 is 29.6 Å². The van der Waals surface area contributed by atoms with E-state index in [0.717, 1.165) is 25.1 Å². The van der Waals surface area contributed by atoms with Crippen molar-refractivity contribution in [2.24, 2.45) is 0 Å². The molecule has 0 saturated carbocycles. The third kappa shape index (κ3) is 2.47. The van der Waals surface area contributed by atoms with Crippen molar-refractivity contribution in [3.8, 4) is 0 Å². The molecule has 0 amide bonds. The van der Waals surface area contributed by atoms with Gasteiger partial charge in [0, 0.05) is 18.3 Å². The van der Waals surface area contributed by atoms with E-state index in [1.165, 1.54) is 5.57 Å². The normalized spacial score (nSPS) is 15.6. The molecule has 1 N–H and O–H groups in total. The van der Waals surface area contributed by atoms with Crippen LogP contribution in [0.2, 0.25) is 5.15 Å². The fraction of sp³-hybridized carbons (Fsp3) is 0.300. The highest BCUT2D eigenvalue weighted by Crippen LogP contribution is 2.24. The lowest BCUT2D eigenvalue weighted by molar-refractivity contribution is 0.738. The highest BCUT2D eigenvalue weighted by molar-refractivity contribution is 6.31. The van der Waals surface area contributed by atoms with Crippen LogP contribution in [0.5, 0.6) is 0 Å². The minimum absolute atomic E-state index is 0. The second kappa shape index (κ2) is 5.35. The van der Waals surface area contributed by atoms with Crippen LogP contribution in [0.1, 0.15) is 12.0 Å². The molecule has 0 unspecified atom stereocenters. The van der Waals surface area contributed by atoms with Crippen LogP contribution in [0.15, 0.2) is 24.4 Å². The highest BCUT2D eigenvalue weighted by Gasteiger charge is 2.08. The van der Waals surface area contributed by atoms with Gasteiger partial charge in [-0.25, -0.2) is 4.98 Å². The Kier molecular flexibility index (Phi) is 4.39. The largest absolute Gasteiger partial charge is 0.313 e. The molecule has 0 spiro atoms. The summed E-state index contributed by atoms with van der Waals surface area (Å²) in [5.41, 5.74) is 2.38. The first-order chi connectivity index (χ1) is 6.38. The van der Waals surface area contributed by atoms with Crippen molar-refractivity contribution in [2.45, 2.75) is 6.42 Å². The van der Waals surface area contributed by atoms with E-state index >= 15 is 0 Å². The first kappa shape index (κ1) is 11.5. The molecule has 0 aromatic carbocycles. The summed E-state index contributed by atoms with van der Waals surface area (Å²) in [5, 5.41) is 3.87. The van der Waals surface area contributed by atoms with Gasteiger partial charge < -0.3 is 5.32 Å². The predicted octanol–water partition coefficient (Wildman–Crippen LogP) is 2.53. The van der Waals surface area contributed by atoms with Crippen molar-refractivity contribution in [2.75, 3.05) is 13.1 Å². The SMILES string of the molecule is Cl.Clc1ncccc1C1=CCNCC1. The predicted molar refractivity (Wildman–Crippen MR) is 62.0 cm³/mol. The van der Waals surface area contributed by atoms with Gasteiger partial charge in [-0.1, -0.05) is 23.7 Å². The summed E-state index contributed by atoms with van der Waals surface area (Å²) in [5.74, 6) is 0. The van der Waals surface area contributed by atoms with E-state index in [4.69, 9.17) is 11.6 Å². The molecule has 1 aromatic rings. The number of hydrogen-bond acceptors (Lipinski definition) is 2. The molecule has 14 heavy (non-hydrogen) atoms. The summed E-state index contributed by atoms with van der Waals surface area (Å²) in [4.78, 5) is 4.06. The maximum atomic E-state index is 5.99. The molecule has 0 aliphatic carbocycles. The molecule has 76 valence electrons. The molecule has 0 radical (unpaired) electrons. The Bertz CT molecular complexity index is 337. The molecule has 0 saturated heterocycles. The summed E-state index contributed by atoms with van der Waals surface area (Å²) >= 11 is 5.99. The van der Waals surface area contributed by atoms with Crippen LogP contribution in [0.25, 0.3) is 5.57 Å². The highest BCUT2D eigenvalue weighted by atomic mass is 35.5. The Labute approximate surface area is 94.8 Å². The third-order valence-corrected chi connectivity index (χ3v) is 2.47. The van der Waals surface area contributed by atoms with Gasteiger partial charge in [0.05, 0.1) is 0 Å². The molecule has 2 rings (SSSR count). The summed E-state index contributed by atoms with van der Waals surface area (Å²) in [6.07, 6.45) is 4.92. The molecular formula is C10H12Cl2N2. The molecular weight excluding hydrogens is 219 g/mol. The smallest absolute Gasteiger partial charge is 0.136 e. The Morgan fingerprint density at radius 3 is 2.93 bits per heavy atom. The van der Waals surface area contributed by atoms with Gasteiger partial charge in [-0.3, -0.25) is 0 Å². The third-order valence-electron chi connectivity index (χ3n) is 2.17. The lowest BCUT2D eigenvalue weighted by atomic mass is 10.0. The number of hydrogen-bond donors (Lipinski definition) is 1. The fourth-order valence-corrected chi connectivity index (χ4v) is 1.73. The Hall–Kier alpha value is -0.570.